The third kappa shape index (κ3) is 3.97. The van der Waals surface area contributed by atoms with E-state index in [0.29, 0.717) is 35.0 Å². The Labute approximate surface area is 242 Å². The van der Waals surface area contributed by atoms with E-state index in [9.17, 15) is 10.2 Å². The van der Waals surface area contributed by atoms with Crippen LogP contribution in [0.1, 0.15) is 120 Å². The maximum absolute atomic E-state index is 12.1. The molecule has 0 aromatic heterocycles. The number of aliphatic hydroxyl groups excluding tert-OH is 1. The molecule has 4 saturated carbocycles. The first-order valence-electron chi connectivity index (χ1n) is 15.5. The van der Waals surface area contributed by atoms with Gasteiger partial charge in [-0.05, 0) is 98.4 Å². The summed E-state index contributed by atoms with van der Waals surface area (Å²) in [5, 5.41) is 30.0. The lowest BCUT2D eigenvalue weighted by molar-refractivity contribution is -0.163. The lowest BCUT2D eigenvalue weighted by Gasteiger charge is -2.62. The molecule has 5 aliphatic carbocycles. The normalized spacial score (nSPS) is 47.7. The van der Waals surface area contributed by atoms with E-state index in [1.807, 2.05) is 0 Å². The number of carboxylic acids is 1. The highest BCUT2D eigenvalue weighted by Gasteiger charge is 2.86. The van der Waals surface area contributed by atoms with Crippen molar-refractivity contribution in [3.8, 4) is 12.8 Å². The second kappa shape index (κ2) is 9.48. The number of terminal acetylenes is 1. The fourth-order valence-corrected chi connectivity index (χ4v) is 11.9. The van der Waals surface area contributed by atoms with Gasteiger partial charge in [0.2, 0.25) is 0 Å². The number of ether oxygens (including phenoxy) is 1. The number of carboxylic acid groups (broad SMARTS) is 1. The van der Waals surface area contributed by atoms with Gasteiger partial charge in [-0.3, -0.25) is 10.5 Å². The van der Waals surface area contributed by atoms with Crippen LogP contribution in [0.2, 0.25) is 0 Å². The monoisotopic (exact) mass is 557 g/mol. The minimum Gasteiger partial charge on any atom is -0.481 e. The van der Waals surface area contributed by atoms with E-state index < -0.39 is 23.4 Å². The third-order valence-electron chi connectivity index (χ3n) is 13.2. The van der Waals surface area contributed by atoms with Crippen molar-refractivity contribution < 1.29 is 24.9 Å². The molecule has 0 aromatic rings. The first kappa shape index (κ1) is 31.4. The Morgan fingerprint density at radius 2 is 1.57 bits per heavy atom. The van der Waals surface area contributed by atoms with E-state index >= 15 is 0 Å². The molecular weight excluding hydrogens is 502 g/mol. The van der Waals surface area contributed by atoms with Crippen molar-refractivity contribution in [2.24, 2.45) is 50.6 Å². The van der Waals surface area contributed by atoms with Crippen molar-refractivity contribution in [1.82, 2.24) is 0 Å². The van der Waals surface area contributed by atoms with E-state index in [1.165, 1.54) is 44.1 Å². The maximum atomic E-state index is 12.1. The molecule has 2 unspecified atom stereocenters. The summed E-state index contributed by atoms with van der Waals surface area (Å²) >= 11 is 0. The van der Waals surface area contributed by atoms with Crippen LogP contribution in [0.15, 0.2) is 11.3 Å². The molecule has 6 heteroatoms. The number of hydrogen-bond donors (Lipinski definition) is 4. The second-order valence-corrected chi connectivity index (χ2v) is 15.9. The fraction of sp³-hybridized carbons (Fsp3) is 0.853. The van der Waals surface area contributed by atoms with E-state index in [2.05, 4.69) is 47.5 Å². The summed E-state index contributed by atoms with van der Waals surface area (Å²) in [6.07, 6.45) is 18.5. The lowest BCUT2D eigenvalue weighted by atomic mass is 9.42. The Hall–Kier alpha value is -1.55. The van der Waals surface area contributed by atoms with Gasteiger partial charge in [-0.1, -0.05) is 41.0 Å². The topological polar surface area (TPSA) is 113 Å². The molecule has 9 atom stereocenters. The molecule has 2 spiro atoms. The van der Waals surface area contributed by atoms with Gasteiger partial charge in [-0.15, -0.1) is 12.8 Å². The number of nitrogens with two attached hydrogens (primary N) is 1. The Kier molecular flexibility index (Phi) is 7.44. The molecule has 5 N–H and O–H groups in total. The average molecular weight is 558 g/mol. The highest BCUT2D eigenvalue weighted by molar-refractivity contribution is 5.63. The van der Waals surface area contributed by atoms with E-state index in [-0.39, 0.29) is 10.8 Å². The van der Waals surface area contributed by atoms with Crippen LogP contribution in [0.3, 0.4) is 0 Å². The standard InChI is InChI=1S/C30H49NO3.C2H4O2.C2H2/c1-18-29-13-8-12-24(2,3)20(29)9-10-21-27(7)23(32)22-19(26(27,6)15-16-30(18,21)29)11-14-28(31,34-22)17-25(4,5)33;1-2(3)4;1-2/h18,20-21,23,32-33H,8-17,31H2,1-7H3;1H3,(H,3,4);1-2H/t18-,20?,21+,23+,26-,27-,28-,29?,30+;;/m1../s1. The molecule has 6 nitrogen and oxygen atoms in total. The number of rotatable bonds is 2. The quantitative estimate of drug-likeness (QED) is 0.299. The van der Waals surface area contributed by atoms with Gasteiger partial charge < -0.3 is 20.1 Å². The Bertz CT molecular complexity index is 1080. The summed E-state index contributed by atoms with van der Waals surface area (Å²) in [6, 6.07) is 0. The molecule has 40 heavy (non-hydrogen) atoms. The van der Waals surface area contributed by atoms with Gasteiger partial charge >= 0.3 is 0 Å². The largest absolute Gasteiger partial charge is 0.481 e. The highest BCUT2D eigenvalue weighted by Crippen LogP contribution is 2.91. The van der Waals surface area contributed by atoms with Crippen molar-refractivity contribution in [3.63, 3.8) is 0 Å². The number of allylic oxidation sites excluding steroid dienone is 1. The summed E-state index contributed by atoms with van der Waals surface area (Å²) in [6.45, 7) is 17.2. The fourth-order valence-electron chi connectivity index (χ4n) is 11.9. The van der Waals surface area contributed by atoms with Gasteiger partial charge in [0, 0.05) is 30.6 Å². The summed E-state index contributed by atoms with van der Waals surface area (Å²) in [7, 11) is 0. The van der Waals surface area contributed by atoms with Crippen LogP contribution in [-0.2, 0) is 9.53 Å². The third-order valence-corrected chi connectivity index (χ3v) is 13.2. The van der Waals surface area contributed by atoms with E-state index in [1.54, 1.807) is 13.8 Å². The van der Waals surface area contributed by atoms with Crippen molar-refractivity contribution in [1.29, 1.82) is 0 Å². The molecule has 0 radical (unpaired) electrons. The highest BCUT2D eigenvalue weighted by atomic mass is 16.5. The molecule has 4 fully saturated rings. The van der Waals surface area contributed by atoms with Crippen molar-refractivity contribution in [2.75, 3.05) is 0 Å². The number of carbonyl (C=O) groups is 1. The van der Waals surface area contributed by atoms with Crippen molar-refractivity contribution in [2.45, 2.75) is 137 Å². The van der Waals surface area contributed by atoms with Crippen LogP contribution in [0.4, 0.5) is 0 Å². The van der Waals surface area contributed by atoms with Crippen LogP contribution in [0.5, 0.6) is 0 Å². The zero-order valence-electron chi connectivity index (χ0n) is 26.3. The number of aliphatic carboxylic acids is 1. The molecule has 0 bridgehead atoms. The summed E-state index contributed by atoms with van der Waals surface area (Å²) < 4.78 is 6.55. The van der Waals surface area contributed by atoms with Crippen LogP contribution >= 0.6 is 0 Å². The average Bonchev–Trinajstić information content (AvgIpc) is 3.30. The SMILES string of the molecule is C#C.CC(=O)O.C[C@@H]1C23CCCC(C)(C)C2CC[C@@H]2[C@]13CC[C@]1(C)C3=C(O[C@@](N)(CC(C)(C)O)CC3)[C@H](O)[C@@]21C. The molecule has 0 aromatic carbocycles. The molecule has 1 heterocycles. The predicted octanol–water partition coefficient (Wildman–Crippen LogP) is 6.25. The zero-order valence-corrected chi connectivity index (χ0v) is 26.3. The Morgan fingerprint density at radius 1 is 1.02 bits per heavy atom. The van der Waals surface area contributed by atoms with E-state index in [0.717, 1.165) is 37.4 Å². The Balaban J connectivity index is 0.000000568. The first-order chi connectivity index (χ1) is 18.3. The summed E-state index contributed by atoms with van der Waals surface area (Å²) in [5.74, 6) is 2.06. The molecule has 0 saturated heterocycles. The number of hydrogen-bond acceptors (Lipinski definition) is 5. The maximum Gasteiger partial charge on any atom is 0.300 e. The molecule has 6 rings (SSSR count). The van der Waals surface area contributed by atoms with Gasteiger partial charge in [0.25, 0.3) is 5.97 Å². The van der Waals surface area contributed by atoms with Crippen molar-refractivity contribution in [3.05, 3.63) is 11.3 Å². The van der Waals surface area contributed by atoms with Gasteiger partial charge in [0.1, 0.15) is 11.9 Å². The number of fused-ring (bicyclic) bond motifs is 3. The lowest BCUT2D eigenvalue weighted by Crippen LogP contribution is -2.58. The minimum atomic E-state index is -0.908. The smallest absolute Gasteiger partial charge is 0.300 e. The Morgan fingerprint density at radius 3 is 2.15 bits per heavy atom. The van der Waals surface area contributed by atoms with E-state index in [4.69, 9.17) is 20.4 Å². The van der Waals surface area contributed by atoms with Gasteiger partial charge in [-0.2, -0.15) is 0 Å². The van der Waals surface area contributed by atoms with Crippen LogP contribution in [0, 0.1) is 57.7 Å². The number of aliphatic hydroxyl groups is 2. The molecule has 6 aliphatic rings. The van der Waals surface area contributed by atoms with Crippen LogP contribution < -0.4 is 5.73 Å². The molecule has 1 aliphatic heterocycles. The van der Waals surface area contributed by atoms with Crippen LogP contribution in [0.25, 0.3) is 0 Å². The van der Waals surface area contributed by atoms with Crippen molar-refractivity contribution >= 4 is 5.97 Å². The zero-order chi connectivity index (χ0) is 30.3. The summed E-state index contributed by atoms with van der Waals surface area (Å²) in [4.78, 5) is 9.00. The van der Waals surface area contributed by atoms with Gasteiger partial charge in [0.15, 0.2) is 5.72 Å². The van der Waals surface area contributed by atoms with Gasteiger partial charge in [-0.25, -0.2) is 0 Å². The molecule has 226 valence electrons. The molecular formula is C34H55NO5. The first-order valence-corrected chi connectivity index (χ1v) is 15.5. The summed E-state index contributed by atoms with van der Waals surface area (Å²) in [5.41, 5.74) is 7.30. The van der Waals surface area contributed by atoms with Crippen LogP contribution in [-0.4, -0.2) is 38.7 Å². The predicted molar refractivity (Wildman–Crippen MR) is 158 cm³/mol. The minimum absolute atomic E-state index is 0.0335. The second-order valence-electron chi connectivity index (χ2n) is 15.9. The molecule has 0 amide bonds. The van der Waals surface area contributed by atoms with Gasteiger partial charge in [0.05, 0.1) is 5.60 Å².